The molecule has 0 saturated heterocycles. The van der Waals surface area contributed by atoms with Gasteiger partial charge in [0.25, 0.3) is 0 Å². The lowest BCUT2D eigenvalue weighted by Gasteiger charge is -2.04. The first-order valence-corrected chi connectivity index (χ1v) is 4.31. The molecule has 0 aliphatic carbocycles. The van der Waals surface area contributed by atoms with Gasteiger partial charge in [0.15, 0.2) is 10.6 Å². The van der Waals surface area contributed by atoms with Crippen molar-refractivity contribution in [1.82, 2.24) is 9.55 Å². The molecule has 6 heteroatoms. The van der Waals surface area contributed by atoms with Gasteiger partial charge in [-0.3, -0.25) is 5.41 Å². The van der Waals surface area contributed by atoms with Gasteiger partial charge in [-0.05, 0) is 0 Å². The molecule has 2 heterocycles. The van der Waals surface area contributed by atoms with E-state index in [-0.39, 0.29) is 22.5 Å². The standard InChI is InChI=1S/C6H8N4S.BrH/c7-4-3-5(8)10-1-2-11-6(10)9-4;/h3,7H,1-2,8H2;1H. The molecule has 1 aliphatic heterocycles. The molecular weight excluding hydrogens is 240 g/mol. The van der Waals surface area contributed by atoms with Crippen molar-refractivity contribution in [2.45, 2.75) is 11.7 Å². The predicted octanol–water partition coefficient (Wildman–Crippen LogP) is 0.628. The first-order chi connectivity index (χ1) is 5.27. The van der Waals surface area contributed by atoms with Crippen LogP contribution in [0.5, 0.6) is 0 Å². The minimum atomic E-state index is 0. The number of nitrogens with two attached hydrogens (primary N) is 1. The monoisotopic (exact) mass is 248 g/mol. The number of halogens is 1. The summed E-state index contributed by atoms with van der Waals surface area (Å²) in [6.07, 6.45) is 0. The Hall–Kier alpha value is -0.490. The van der Waals surface area contributed by atoms with Gasteiger partial charge in [-0.15, -0.1) is 17.0 Å². The van der Waals surface area contributed by atoms with Crippen LogP contribution >= 0.6 is 28.7 Å². The first-order valence-electron chi connectivity index (χ1n) is 3.32. The van der Waals surface area contributed by atoms with Crippen LogP contribution in [0.4, 0.5) is 5.82 Å². The Morgan fingerprint density at radius 3 is 3.17 bits per heavy atom. The minimum Gasteiger partial charge on any atom is -0.385 e. The van der Waals surface area contributed by atoms with Gasteiger partial charge in [-0.2, -0.15) is 0 Å². The van der Waals surface area contributed by atoms with Crippen LogP contribution in [0.15, 0.2) is 11.2 Å². The third kappa shape index (κ3) is 1.49. The maximum absolute atomic E-state index is 7.29. The summed E-state index contributed by atoms with van der Waals surface area (Å²) in [5.74, 6) is 1.66. The topological polar surface area (TPSA) is 67.7 Å². The molecule has 1 aromatic heterocycles. The quantitative estimate of drug-likeness (QED) is 0.662. The summed E-state index contributed by atoms with van der Waals surface area (Å²) in [6, 6.07) is 1.58. The molecule has 1 aliphatic rings. The molecular formula is C6H9BrN4S. The van der Waals surface area contributed by atoms with Crippen LogP contribution < -0.4 is 11.2 Å². The smallest absolute Gasteiger partial charge is 0.171 e. The summed E-state index contributed by atoms with van der Waals surface area (Å²) in [5.41, 5.74) is 5.92. The molecule has 66 valence electrons. The van der Waals surface area contributed by atoms with Crippen LogP contribution in [0, 0.1) is 5.41 Å². The molecule has 3 N–H and O–H groups in total. The Morgan fingerprint density at radius 2 is 2.42 bits per heavy atom. The second-order valence-corrected chi connectivity index (χ2v) is 3.41. The Labute approximate surface area is 84.5 Å². The van der Waals surface area contributed by atoms with Crippen LogP contribution in [0.25, 0.3) is 0 Å². The number of thioether (sulfide) groups is 1. The van der Waals surface area contributed by atoms with E-state index in [0.29, 0.717) is 5.82 Å². The lowest BCUT2D eigenvalue weighted by Crippen LogP contribution is -2.14. The van der Waals surface area contributed by atoms with E-state index in [1.807, 2.05) is 4.57 Å². The molecule has 0 amide bonds. The Morgan fingerprint density at radius 1 is 1.67 bits per heavy atom. The summed E-state index contributed by atoms with van der Waals surface area (Å²) in [7, 11) is 0. The third-order valence-electron chi connectivity index (χ3n) is 1.59. The highest BCUT2D eigenvalue weighted by atomic mass is 79.9. The van der Waals surface area contributed by atoms with Gasteiger partial charge >= 0.3 is 0 Å². The van der Waals surface area contributed by atoms with E-state index >= 15 is 0 Å². The SMILES string of the molecule is Br.N=c1cc(N)n2c(n1)SCC2. The molecule has 12 heavy (non-hydrogen) atoms. The van der Waals surface area contributed by atoms with Crippen LogP contribution in [0.1, 0.15) is 0 Å². The highest BCUT2D eigenvalue weighted by molar-refractivity contribution is 8.93. The van der Waals surface area contributed by atoms with Crippen LogP contribution in [-0.2, 0) is 6.54 Å². The molecule has 0 aromatic carbocycles. The van der Waals surface area contributed by atoms with E-state index in [1.165, 1.54) is 0 Å². The summed E-state index contributed by atoms with van der Waals surface area (Å²) < 4.78 is 1.93. The Balaban J connectivity index is 0.000000720. The minimum absolute atomic E-state index is 0. The molecule has 1 aromatic rings. The molecule has 0 spiro atoms. The van der Waals surface area contributed by atoms with Crippen molar-refractivity contribution in [3.8, 4) is 0 Å². The predicted molar refractivity (Wildman–Crippen MR) is 53.5 cm³/mol. The number of nitrogens with zero attached hydrogens (tertiary/aromatic N) is 2. The molecule has 4 nitrogen and oxygen atoms in total. The lowest BCUT2D eigenvalue weighted by atomic mass is 10.5. The normalized spacial score (nSPS) is 13.7. The highest BCUT2D eigenvalue weighted by Crippen LogP contribution is 2.23. The average molecular weight is 249 g/mol. The Bertz CT molecular complexity index is 348. The summed E-state index contributed by atoms with van der Waals surface area (Å²) >= 11 is 1.65. The van der Waals surface area contributed by atoms with E-state index in [2.05, 4.69) is 4.98 Å². The molecule has 0 radical (unpaired) electrons. The number of rotatable bonds is 0. The van der Waals surface area contributed by atoms with Crippen LogP contribution in [0.2, 0.25) is 0 Å². The number of anilines is 1. The van der Waals surface area contributed by atoms with Gasteiger partial charge in [0.05, 0.1) is 0 Å². The van der Waals surface area contributed by atoms with Crippen molar-refractivity contribution in [1.29, 1.82) is 5.41 Å². The highest BCUT2D eigenvalue weighted by Gasteiger charge is 2.12. The fourth-order valence-corrected chi connectivity index (χ4v) is 2.06. The van der Waals surface area contributed by atoms with Crippen molar-refractivity contribution < 1.29 is 0 Å². The van der Waals surface area contributed by atoms with Crippen molar-refractivity contribution in [2.24, 2.45) is 0 Å². The van der Waals surface area contributed by atoms with Gasteiger partial charge in [0, 0.05) is 18.4 Å². The second kappa shape index (κ2) is 3.49. The van der Waals surface area contributed by atoms with Gasteiger partial charge in [-0.1, -0.05) is 11.8 Å². The summed E-state index contributed by atoms with van der Waals surface area (Å²) in [5, 5.41) is 8.16. The third-order valence-corrected chi connectivity index (χ3v) is 2.55. The molecule has 0 fully saturated rings. The van der Waals surface area contributed by atoms with Gasteiger partial charge in [0.1, 0.15) is 5.82 Å². The van der Waals surface area contributed by atoms with E-state index in [4.69, 9.17) is 11.1 Å². The number of aromatic nitrogens is 2. The van der Waals surface area contributed by atoms with Crippen molar-refractivity contribution >= 4 is 34.6 Å². The summed E-state index contributed by atoms with van der Waals surface area (Å²) in [6.45, 7) is 0.916. The van der Waals surface area contributed by atoms with Crippen molar-refractivity contribution in [3.63, 3.8) is 0 Å². The largest absolute Gasteiger partial charge is 0.385 e. The van der Waals surface area contributed by atoms with Crippen LogP contribution in [0.3, 0.4) is 0 Å². The molecule has 0 bridgehead atoms. The number of hydrogen-bond donors (Lipinski definition) is 2. The van der Waals surface area contributed by atoms with Crippen LogP contribution in [-0.4, -0.2) is 15.3 Å². The number of fused-ring (bicyclic) bond motifs is 1. The van der Waals surface area contributed by atoms with E-state index in [9.17, 15) is 0 Å². The maximum Gasteiger partial charge on any atom is 0.171 e. The first kappa shape index (κ1) is 9.60. The number of nitrogens with one attached hydrogen (secondary N) is 1. The van der Waals surface area contributed by atoms with Crippen molar-refractivity contribution in [2.75, 3.05) is 11.5 Å². The van der Waals surface area contributed by atoms with Gasteiger partial charge in [0.2, 0.25) is 0 Å². The zero-order valence-corrected chi connectivity index (χ0v) is 8.81. The molecule has 2 rings (SSSR count). The van der Waals surface area contributed by atoms with E-state index in [0.717, 1.165) is 17.5 Å². The zero-order valence-electron chi connectivity index (χ0n) is 6.28. The Kier molecular flexibility index (Phi) is 2.79. The van der Waals surface area contributed by atoms with Gasteiger partial charge < -0.3 is 10.3 Å². The number of hydrogen-bond acceptors (Lipinski definition) is 4. The second-order valence-electron chi connectivity index (χ2n) is 2.35. The zero-order chi connectivity index (χ0) is 7.84. The molecule has 0 saturated carbocycles. The number of nitrogen functional groups attached to an aromatic ring is 1. The molecule has 0 unspecified atom stereocenters. The average Bonchev–Trinajstić information content (AvgIpc) is 2.34. The fraction of sp³-hybridized carbons (Fsp3) is 0.333. The summed E-state index contributed by atoms with van der Waals surface area (Å²) in [4.78, 5) is 4.03. The maximum atomic E-state index is 7.29. The fourth-order valence-electron chi connectivity index (χ4n) is 1.09. The van der Waals surface area contributed by atoms with Crippen molar-refractivity contribution in [3.05, 3.63) is 11.6 Å². The van der Waals surface area contributed by atoms with E-state index in [1.54, 1.807) is 17.8 Å². The lowest BCUT2D eigenvalue weighted by molar-refractivity contribution is 0.680. The molecule has 0 atom stereocenters. The van der Waals surface area contributed by atoms with E-state index < -0.39 is 0 Å². The van der Waals surface area contributed by atoms with Gasteiger partial charge in [-0.25, -0.2) is 4.98 Å².